The lowest BCUT2D eigenvalue weighted by molar-refractivity contribution is -0.127. The second kappa shape index (κ2) is 7.59. The summed E-state index contributed by atoms with van der Waals surface area (Å²) in [6.45, 7) is 5.55. The minimum absolute atomic E-state index is 0.0116. The Labute approximate surface area is 163 Å². The molecule has 0 bridgehead atoms. The quantitative estimate of drug-likeness (QED) is 0.808. The van der Waals surface area contributed by atoms with Gasteiger partial charge in [0, 0.05) is 20.0 Å². The van der Waals surface area contributed by atoms with Gasteiger partial charge in [-0.2, -0.15) is 9.29 Å². The molecule has 152 valence electrons. The molecule has 8 nitrogen and oxygen atoms in total. The molecule has 2 heterocycles. The van der Waals surface area contributed by atoms with E-state index in [2.05, 4.69) is 15.5 Å². The molecule has 28 heavy (non-hydrogen) atoms. The fourth-order valence-corrected chi connectivity index (χ4v) is 4.67. The van der Waals surface area contributed by atoms with Gasteiger partial charge in [-0.1, -0.05) is 5.16 Å². The molecule has 1 saturated heterocycles. The third-order valence-corrected chi connectivity index (χ3v) is 6.61. The SMILES string of the molecule is Cc1nc(C(C)(C)NC(=O)C2CCCN(S(=O)(=O)c3ccc(F)cc3)C2)no1. The predicted octanol–water partition coefficient (Wildman–Crippen LogP) is 1.97. The van der Waals surface area contributed by atoms with Gasteiger partial charge in [0.05, 0.1) is 16.4 Å². The summed E-state index contributed by atoms with van der Waals surface area (Å²) in [7, 11) is -3.79. The molecular formula is C18H23FN4O4S. The lowest BCUT2D eigenvalue weighted by Gasteiger charge is -2.33. The summed E-state index contributed by atoms with van der Waals surface area (Å²) >= 11 is 0. The van der Waals surface area contributed by atoms with E-state index in [0.717, 1.165) is 12.1 Å². The van der Waals surface area contributed by atoms with E-state index in [9.17, 15) is 17.6 Å². The molecule has 1 amide bonds. The van der Waals surface area contributed by atoms with Crippen molar-refractivity contribution in [1.82, 2.24) is 19.8 Å². The number of piperidine rings is 1. The molecular weight excluding hydrogens is 387 g/mol. The second-order valence-corrected chi connectivity index (χ2v) is 9.35. The highest BCUT2D eigenvalue weighted by Gasteiger charge is 2.36. The Hall–Kier alpha value is -2.33. The van der Waals surface area contributed by atoms with Crippen LogP contribution in [-0.4, -0.2) is 41.9 Å². The second-order valence-electron chi connectivity index (χ2n) is 7.41. The third kappa shape index (κ3) is 4.22. The van der Waals surface area contributed by atoms with E-state index >= 15 is 0 Å². The van der Waals surface area contributed by atoms with Crippen LogP contribution in [0.5, 0.6) is 0 Å². The van der Waals surface area contributed by atoms with Crippen molar-refractivity contribution in [3.63, 3.8) is 0 Å². The fourth-order valence-electron chi connectivity index (χ4n) is 3.15. The summed E-state index contributed by atoms with van der Waals surface area (Å²) in [5, 5.41) is 6.73. The Morgan fingerprint density at radius 2 is 2.00 bits per heavy atom. The molecule has 0 aliphatic carbocycles. The average molecular weight is 410 g/mol. The Bertz CT molecular complexity index is 956. The van der Waals surface area contributed by atoms with Crippen molar-refractivity contribution < 1.29 is 22.1 Å². The largest absolute Gasteiger partial charge is 0.344 e. The topological polar surface area (TPSA) is 105 Å². The molecule has 1 aromatic heterocycles. The Balaban J connectivity index is 1.72. The van der Waals surface area contributed by atoms with Gasteiger partial charge in [0.25, 0.3) is 0 Å². The van der Waals surface area contributed by atoms with Gasteiger partial charge >= 0.3 is 0 Å². The van der Waals surface area contributed by atoms with Crippen LogP contribution in [0.2, 0.25) is 0 Å². The van der Waals surface area contributed by atoms with Gasteiger partial charge in [-0.05, 0) is 51.0 Å². The van der Waals surface area contributed by atoms with Gasteiger partial charge < -0.3 is 9.84 Å². The summed E-state index contributed by atoms with van der Waals surface area (Å²) in [6.07, 6.45) is 1.13. The summed E-state index contributed by atoms with van der Waals surface area (Å²) < 4.78 is 45.0. The lowest BCUT2D eigenvalue weighted by atomic mass is 9.96. The van der Waals surface area contributed by atoms with Crippen molar-refractivity contribution in [3.05, 3.63) is 41.8 Å². The van der Waals surface area contributed by atoms with E-state index in [1.54, 1.807) is 20.8 Å². The molecule has 1 fully saturated rings. The highest BCUT2D eigenvalue weighted by Crippen LogP contribution is 2.25. The maximum atomic E-state index is 13.1. The predicted molar refractivity (Wildman–Crippen MR) is 98.1 cm³/mol. The van der Waals surface area contributed by atoms with E-state index < -0.39 is 27.3 Å². The molecule has 10 heteroatoms. The van der Waals surface area contributed by atoms with Gasteiger partial charge in [-0.3, -0.25) is 4.79 Å². The minimum Gasteiger partial charge on any atom is -0.344 e. The van der Waals surface area contributed by atoms with Crippen LogP contribution < -0.4 is 5.32 Å². The molecule has 1 atom stereocenters. The first-order valence-electron chi connectivity index (χ1n) is 8.98. The van der Waals surface area contributed by atoms with Gasteiger partial charge in [-0.15, -0.1) is 0 Å². The van der Waals surface area contributed by atoms with Crippen LogP contribution in [0.25, 0.3) is 0 Å². The van der Waals surface area contributed by atoms with Crippen molar-refractivity contribution in [3.8, 4) is 0 Å². The third-order valence-electron chi connectivity index (χ3n) is 4.73. The highest BCUT2D eigenvalue weighted by molar-refractivity contribution is 7.89. The number of carbonyl (C=O) groups is 1. The molecule has 1 aliphatic heterocycles. The van der Waals surface area contributed by atoms with Crippen LogP contribution in [0, 0.1) is 18.7 Å². The average Bonchev–Trinajstić information content (AvgIpc) is 3.09. The van der Waals surface area contributed by atoms with E-state index in [-0.39, 0.29) is 17.3 Å². The highest BCUT2D eigenvalue weighted by atomic mass is 32.2. The summed E-state index contributed by atoms with van der Waals surface area (Å²) in [4.78, 5) is 16.9. The summed E-state index contributed by atoms with van der Waals surface area (Å²) in [5.74, 6) is -0.534. The Kier molecular flexibility index (Phi) is 5.53. The van der Waals surface area contributed by atoms with E-state index in [1.807, 2.05) is 0 Å². The van der Waals surface area contributed by atoms with Gasteiger partial charge in [-0.25, -0.2) is 12.8 Å². The normalized spacial score (nSPS) is 18.8. The van der Waals surface area contributed by atoms with Gasteiger partial charge in [0.1, 0.15) is 5.82 Å². The number of amides is 1. The molecule has 3 rings (SSSR count). The number of nitrogens with zero attached hydrogens (tertiary/aromatic N) is 3. The Morgan fingerprint density at radius 1 is 1.32 bits per heavy atom. The number of halogens is 1. The smallest absolute Gasteiger partial charge is 0.243 e. The van der Waals surface area contributed by atoms with Crippen molar-refractivity contribution in [1.29, 1.82) is 0 Å². The van der Waals surface area contributed by atoms with Gasteiger partial charge in [0.2, 0.25) is 21.8 Å². The van der Waals surface area contributed by atoms with Gasteiger partial charge in [0.15, 0.2) is 5.82 Å². The molecule has 1 aliphatic rings. The van der Waals surface area contributed by atoms with Crippen LogP contribution in [0.4, 0.5) is 4.39 Å². The number of hydrogen-bond donors (Lipinski definition) is 1. The van der Waals surface area contributed by atoms with Crippen LogP contribution in [0.3, 0.4) is 0 Å². The summed E-state index contributed by atoms with van der Waals surface area (Å²) in [6, 6.07) is 4.68. The maximum Gasteiger partial charge on any atom is 0.243 e. The number of aromatic nitrogens is 2. The molecule has 1 unspecified atom stereocenters. The van der Waals surface area contributed by atoms with E-state index in [1.165, 1.54) is 16.4 Å². The zero-order valence-corrected chi connectivity index (χ0v) is 16.8. The number of hydrogen-bond acceptors (Lipinski definition) is 6. The first-order chi connectivity index (χ1) is 13.1. The van der Waals surface area contributed by atoms with E-state index in [4.69, 9.17) is 4.52 Å². The maximum absolute atomic E-state index is 13.1. The molecule has 1 N–H and O–H groups in total. The van der Waals surface area contributed by atoms with Crippen molar-refractivity contribution in [2.24, 2.45) is 5.92 Å². The number of benzene rings is 1. The number of rotatable bonds is 5. The first-order valence-corrected chi connectivity index (χ1v) is 10.4. The number of carbonyl (C=O) groups excluding carboxylic acids is 1. The van der Waals surface area contributed by atoms with Crippen molar-refractivity contribution >= 4 is 15.9 Å². The lowest BCUT2D eigenvalue weighted by Crippen LogP contribution is -2.50. The number of sulfonamides is 1. The number of nitrogens with one attached hydrogen (secondary N) is 1. The zero-order chi connectivity index (χ0) is 20.5. The molecule has 0 spiro atoms. The summed E-state index contributed by atoms with van der Waals surface area (Å²) in [5.41, 5.74) is -0.854. The van der Waals surface area contributed by atoms with Crippen LogP contribution in [0.15, 0.2) is 33.7 Å². The van der Waals surface area contributed by atoms with Crippen molar-refractivity contribution in [2.45, 2.75) is 44.0 Å². The first kappa shape index (κ1) is 20.4. The molecule has 1 aromatic carbocycles. The monoisotopic (exact) mass is 410 g/mol. The standard InChI is InChI=1S/C18H23FN4O4S/c1-12-20-17(22-27-12)18(2,3)21-16(24)13-5-4-10-23(11-13)28(25,26)15-8-6-14(19)7-9-15/h6-9,13H,4-5,10-11H2,1-3H3,(H,21,24). The van der Waals surface area contributed by atoms with Crippen LogP contribution in [-0.2, 0) is 20.4 Å². The van der Waals surface area contributed by atoms with Crippen LogP contribution in [0.1, 0.15) is 38.4 Å². The molecule has 0 radical (unpaired) electrons. The Morgan fingerprint density at radius 3 is 2.61 bits per heavy atom. The fraction of sp³-hybridized carbons (Fsp3) is 0.500. The zero-order valence-electron chi connectivity index (χ0n) is 16.0. The molecule has 0 saturated carbocycles. The van der Waals surface area contributed by atoms with E-state index in [0.29, 0.717) is 31.1 Å². The van der Waals surface area contributed by atoms with Crippen molar-refractivity contribution in [2.75, 3.05) is 13.1 Å². The number of aryl methyl sites for hydroxylation is 1. The van der Waals surface area contributed by atoms with Crippen LogP contribution >= 0.6 is 0 Å². The minimum atomic E-state index is -3.79. The molecule has 2 aromatic rings.